The minimum absolute atomic E-state index is 0.0694. The second-order valence-corrected chi connectivity index (χ2v) is 5.10. The molecular formula is C4H8BrNO3S. The highest BCUT2D eigenvalue weighted by Crippen LogP contribution is 2.11. The molecule has 0 aromatic heterocycles. The summed E-state index contributed by atoms with van der Waals surface area (Å²) in [5, 5.41) is 0. The lowest BCUT2D eigenvalue weighted by Gasteiger charge is -2.10. The molecule has 4 nitrogen and oxygen atoms in total. The Morgan fingerprint density at radius 2 is 2.30 bits per heavy atom. The van der Waals surface area contributed by atoms with Crippen molar-refractivity contribution in [2.75, 3.05) is 17.8 Å². The molecule has 0 amide bonds. The molecule has 1 saturated heterocycles. The van der Waals surface area contributed by atoms with Crippen molar-refractivity contribution in [1.82, 2.24) is 4.47 Å². The van der Waals surface area contributed by atoms with E-state index in [9.17, 15) is 8.42 Å². The fraction of sp³-hybridized carbons (Fsp3) is 1.00. The van der Waals surface area contributed by atoms with Crippen molar-refractivity contribution in [2.24, 2.45) is 0 Å². The van der Waals surface area contributed by atoms with Gasteiger partial charge < -0.3 is 0 Å². The van der Waals surface area contributed by atoms with Crippen LogP contribution in [0.2, 0.25) is 0 Å². The van der Waals surface area contributed by atoms with Gasteiger partial charge in [0.05, 0.1) is 6.61 Å². The van der Waals surface area contributed by atoms with Crippen LogP contribution in [0.3, 0.4) is 0 Å². The fourth-order valence-electron chi connectivity index (χ4n) is 0.698. The van der Waals surface area contributed by atoms with E-state index < -0.39 is 10.0 Å². The van der Waals surface area contributed by atoms with Crippen LogP contribution >= 0.6 is 15.9 Å². The Labute approximate surface area is 68.3 Å². The zero-order valence-corrected chi connectivity index (χ0v) is 7.69. The molecule has 0 aromatic carbocycles. The normalized spacial score (nSPS) is 21.7. The van der Waals surface area contributed by atoms with Crippen molar-refractivity contribution < 1.29 is 13.3 Å². The van der Waals surface area contributed by atoms with E-state index in [1.54, 1.807) is 0 Å². The standard InChI is InChI=1S/C4H8BrNO3S/c5-4-10(7,8)6-2-1-3-9-6/h1-4H2. The number of halogens is 1. The first-order valence-electron chi connectivity index (χ1n) is 2.86. The average Bonchev–Trinajstić information content (AvgIpc) is 2.38. The molecule has 1 heterocycles. The molecular weight excluding hydrogens is 222 g/mol. The number of hydrogen-bond donors (Lipinski definition) is 0. The Morgan fingerprint density at radius 1 is 1.60 bits per heavy atom. The molecule has 1 rings (SSSR count). The Morgan fingerprint density at radius 3 is 2.70 bits per heavy atom. The third-order valence-electron chi connectivity index (χ3n) is 1.17. The average molecular weight is 230 g/mol. The quantitative estimate of drug-likeness (QED) is 0.641. The van der Waals surface area contributed by atoms with Crippen LogP contribution in [0.25, 0.3) is 0 Å². The molecule has 0 N–H and O–H groups in total. The Hall–Kier alpha value is 0.350. The third kappa shape index (κ3) is 1.69. The Balaban J connectivity index is 2.63. The summed E-state index contributed by atoms with van der Waals surface area (Å²) in [6.45, 7) is 0.986. The maximum Gasteiger partial charge on any atom is 0.246 e. The van der Waals surface area contributed by atoms with E-state index in [0.717, 1.165) is 10.9 Å². The van der Waals surface area contributed by atoms with Crippen molar-refractivity contribution in [3.05, 3.63) is 0 Å². The van der Waals surface area contributed by atoms with Crippen LogP contribution in [-0.4, -0.2) is 30.7 Å². The van der Waals surface area contributed by atoms with Gasteiger partial charge in [0.2, 0.25) is 10.0 Å². The molecule has 1 fully saturated rings. The number of nitrogens with zero attached hydrogens (tertiary/aromatic N) is 1. The number of hydrogen-bond acceptors (Lipinski definition) is 3. The van der Waals surface area contributed by atoms with Gasteiger partial charge in [0.1, 0.15) is 4.66 Å². The molecule has 1 aliphatic heterocycles. The maximum absolute atomic E-state index is 11.0. The summed E-state index contributed by atoms with van der Waals surface area (Å²) in [5.41, 5.74) is 0. The first-order chi connectivity index (χ1) is 4.67. The smallest absolute Gasteiger partial charge is 0.246 e. The molecule has 0 atom stereocenters. The van der Waals surface area contributed by atoms with E-state index in [4.69, 9.17) is 4.84 Å². The number of alkyl halides is 1. The largest absolute Gasteiger partial charge is 0.284 e. The van der Waals surface area contributed by atoms with Crippen molar-refractivity contribution in [2.45, 2.75) is 6.42 Å². The molecule has 0 bridgehead atoms. The fourth-order valence-corrected chi connectivity index (χ4v) is 2.13. The molecule has 0 saturated carbocycles. The van der Waals surface area contributed by atoms with Crippen molar-refractivity contribution in [1.29, 1.82) is 0 Å². The molecule has 0 radical (unpaired) electrons. The van der Waals surface area contributed by atoms with E-state index in [0.29, 0.717) is 13.2 Å². The monoisotopic (exact) mass is 229 g/mol. The summed E-state index contributed by atoms with van der Waals surface area (Å²) in [5.74, 6) is 0. The van der Waals surface area contributed by atoms with Crippen LogP contribution in [0.5, 0.6) is 0 Å². The highest BCUT2D eigenvalue weighted by atomic mass is 79.9. The minimum atomic E-state index is -3.17. The van der Waals surface area contributed by atoms with Crippen LogP contribution in [0.4, 0.5) is 0 Å². The second-order valence-electron chi connectivity index (χ2n) is 1.93. The molecule has 0 aromatic rings. The summed E-state index contributed by atoms with van der Waals surface area (Å²) in [4.78, 5) is 4.82. The Bertz CT molecular complexity index is 197. The van der Waals surface area contributed by atoms with Gasteiger partial charge in [-0.15, -0.1) is 0 Å². The van der Waals surface area contributed by atoms with Crippen LogP contribution in [-0.2, 0) is 14.9 Å². The lowest BCUT2D eigenvalue weighted by atomic mass is 10.5. The highest BCUT2D eigenvalue weighted by Gasteiger charge is 2.25. The number of sulfonamides is 1. The van der Waals surface area contributed by atoms with Gasteiger partial charge in [0.15, 0.2) is 0 Å². The van der Waals surface area contributed by atoms with Gasteiger partial charge in [0, 0.05) is 6.54 Å². The van der Waals surface area contributed by atoms with E-state index in [1.807, 2.05) is 0 Å². The van der Waals surface area contributed by atoms with Gasteiger partial charge in [-0.25, -0.2) is 8.42 Å². The van der Waals surface area contributed by atoms with Gasteiger partial charge in [-0.2, -0.15) is 0 Å². The van der Waals surface area contributed by atoms with Gasteiger partial charge in [0.25, 0.3) is 0 Å². The van der Waals surface area contributed by atoms with Gasteiger partial charge in [-0.1, -0.05) is 20.4 Å². The van der Waals surface area contributed by atoms with Crippen LogP contribution < -0.4 is 0 Å². The highest BCUT2D eigenvalue weighted by molar-refractivity contribution is 9.10. The zero-order valence-electron chi connectivity index (χ0n) is 5.29. The first-order valence-corrected chi connectivity index (χ1v) is 5.59. The molecule has 1 aliphatic rings. The third-order valence-corrected chi connectivity index (χ3v) is 4.09. The summed E-state index contributed by atoms with van der Waals surface area (Å²) < 4.78 is 22.9. The Kier molecular flexibility index (Phi) is 2.67. The summed E-state index contributed by atoms with van der Waals surface area (Å²) in [6, 6.07) is 0. The van der Waals surface area contributed by atoms with Crippen molar-refractivity contribution in [3.8, 4) is 0 Å². The molecule has 0 unspecified atom stereocenters. The molecule has 60 valence electrons. The number of rotatable bonds is 2. The molecule has 0 aliphatic carbocycles. The van der Waals surface area contributed by atoms with Crippen molar-refractivity contribution in [3.63, 3.8) is 0 Å². The predicted octanol–water partition coefficient (Wildman–Crippen LogP) is 0.306. The summed E-state index contributed by atoms with van der Waals surface area (Å²) in [7, 11) is -3.17. The molecule has 6 heteroatoms. The van der Waals surface area contributed by atoms with Crippen molar-refractivity contribution >= 4 is 26.0 Å². The molecule has 10 heavy (non-hydrogen) atoms. The summed E-state index contributed by atoms with van der Waals surface area (Å²) >= 11 is 2.87. The lowest BCUT2D eigenvalue weighted by Crippen LogP contribution is -2.27. The maximum atomic E-state index is 11.0. The SMILES string of the molecule is O=S(=O)(CBr)N1CCCO1. The van der Waals surface area contributed by atoms with Crippen LogP contribution in [0, 0.1) is 0 Å². The van der Waals surface area contributed by atoms with E-state index in [-0.39, 0.29) is 4.66 Å². The second kappa shape index (κ2) is 3.17. The van der Waals surface area contributed by atoms with Gasteiger partial charge >= 0.3 is 0 Å². The van der Waals surface area contributed by atoms with Gasteiger partial charge in [-0.3, -0.25) is 4.84 Å². The summed E-state index contributed by atoms with van der Waals surface area (Å²) in [6.07, 6.45) is 0.784. The zero-order chi connectivity index (χ0) is 7.61. The topological polar surface area (TPSA) is 46.6 Å². The van der Waals surface area contributed by atoms with Crippen LogP contribution in [0.1, 0.15) is 6.42 Å². The first kappa shape index (κ1) is 8.45. The molecule has 0 spiro atoms. The lowest BCUT2D eigenvalue weighted by molar-refractivity contribution is -0.0278. The predicted molar refractivity (Wildman–Crippen MR) is 40.0 cm³/mol. The number of hydroxylamine groups is 1. The van der Waals surface area contributed by atoms with Gasteiger partial charge in [-0.05, 0) is 6.42 Å². The van der Waals surface area contributed by atoms with E-state index >= 15 is 0 Å². The van der Waals surface area contributed by atoms with Crippen LogP contribution in [0.15, 0.2) is 0 Å². The minimum Gasteiger partial charge on any atom is -0.284 e. The van der Waals surface area contributed by atoms with E-state index in [1.165, 1.54) is 0 Å². The van der Waals surface area contributed by atoms with E-state index in [2.05, 4.69) is 15.9 Å².